The first-order chi connectivity index (χ1) is 12.5. The molecule has 6 heteroatoms. The number of esters is 1. The highest BCUT2D eigenvalue weighted by atomic mass is 79.9. The van der Waals surface area contributed by atoms with Crippen molar-refractivity contribution in [2.45, 2.75) is 19.8 Å². The molecule has 26 heavy (non-hydrogen) atoms. The summed E-state index contributed by atoms with van der Waals surface area (Å²) in [6.45, 7) is 4.46. The van der Waals surface area contributed by atoms with Crippen molar-refractivity contribution in [1.82, 2.24) is 0 Å². The molecule has 0 saturated carbocycles. The van der Waals surface area contributed by atoms with E-state index in [0.717, 1.165) is 15.6 Å². The van der Waals surface area contributed by atoms with Crippen LogP contribution in [0.25, 0.3) is 6.08 Å². The molecule has 0 fully saturated rings. The molecule has 0 spiro atoms. The van der Waals surface area contributed by atoms with Gasteiger partial charge in [0.15, 0.2) is 17.2 Å². The third-order valence-electron chi connectivity index (χ3n) is 4.23. The summed E-state index contributed by atoms with van der Waals surface area (Å²) < 4.78 is 16.8. The van der Waals surface area contributed by atoms with Crippen LogP contribution < -0.4 is 9.47 Å². The van der Waals surface area contributed by atoms with Crippen LogP contribution in [-0.2, 0) is 9.53 Å². The molecule has 0 unspecified atom stereocenters. The molecule has 2 aromatic rings. The van der Waals surface area contributed by atoms with Crippen molar-refractivity contribution in [1.29, 1.82) is 0 Å². The van der Waals surface area contributed by atoms with Crippen LogP contribution in [-0.4, -0.2) is 18.7 Å². The Kier molecular flexibility index (Phi) is 4.28. The molecule has 2 aromatic carbocycles. The molecule has 0 aromatic heterocycles. The normalized spacial score (nSPS) is 17.0. The van der Waals surface area contributed by atoms with E-state index in [4.69, 9.17) is 14.2 Å². The third kappa shape index (κ3) is 3.12. The number of cyclic esters (lactones) is 1. The van der Waals surface area contributed by atoms with Gasteiger partial charge in [0.25, 0.3) is 0 Å². The maximum Gasteiger partial charge on any atom is 0.363 e. The highest BCUT2D eigenvalue weighted by molar-refractivity contribution is 9.10. The van der Waals surface area contributed by atoms with Gasteiger partial charge < -0.3 is 14.2 Å². The standard InChI is InChI=1S/C20H16BrNO4/c1-11(2)12-3-5-13(6-4-12)19-22-16(20(23)26-19)7-14-8-17-18(9-15(14)21)25-10-24-17/h3-9,11H,10H2,1-2H3. The molecule has 0 aliphatic carbocycles. The van der Waals surface area contributed by atoms with E-state index in [-0.39, 0.29) is 12.5 Å². The molecule has 0 amide bonds. The van der Waals surface area contributed by atoms with E-state index in [0.29, 0.717) is 23.3 Å². The quantitative estimate of drug-likeness (QED) is 0.542. The number of rotatable bonds is 3. The summed E-state index contributed by atoms with van der Waals surface area (Å²) in [5.74, 6) is 1.59. The van der Waals surface area contributed by atoms with Gasteiger partial charge in [0.2, 0.25) is 12.7 Å². The lowest BCUT2D eigenvalue weighted by Crippen LogP contribution is -2.05. The Labute approximate surface area is 159 Å². The Morgan fingerprint density at radius 2 is 1.81 bits per heavy atom. The van der Waals surface area contributed by atoms with Crippen molar-refractivity contribution in [2.75, 3.05) is 6.79 Å². The van der Waals surface area contributed by atoms with Gasteiger partial charge in [-0.05, 0) is 47.4 Å². The van der Waals surface area contributed by atoms with Crippen molar-refractivity contribution in [3.05, 3.63) is 63.3 Å². The molecule has 132 valence electrons. The Bertz CT molecular complexity index is 945. The van der Waals surface area contributed by atoms with Gasteiger partial charge in [0.05, 0.1) is 0 Å². The molecule has 0 atom stereocenters. The van der Waals surface area contributed by atoms with Gasteiger partial charge in [-0.3, -0.25) is 0 Å². The minimum atomic E-state index is -0.475. The number of benzene rings is 2. The van der Waals surface area contributed by atoms with Crippen LogP contribution in [0.2, 0.25) is 0 Å². The minimum absolute atomic E-state index is 0.193. The summed E-state index contributed by atoms with van der Waals surface area (Å²) in [5, 5.41) is 0. The lowest BCUT2D eigenvalue weighted by molar-refractivity contribution is -0.129. The van der Waals surface area contributed by atoms with Crippen LogP contribution in [0, 0.1) is 0 Å². The van der Waals surface area contributed by atoms with Crippen LogP contribution in [0.1, 0.15) is 36.5 Å². The van der Waals surface area contributed by atoms with E-state index in [1.165, 1.54) is 5.56 Å². The molecule has 0 bridgehead atoms. The monoisotopic (exact) mass is 413 g/mol. The number of nitrogens with zero attached hydrogens (tertiary/aromatic N) is 1. The number of halogens is 1. The third-order valence-corrected chi connectivity index (χ3v) is 4.92. The summed E-state index contributed by atoms with van der Waals surface area (Å²) >= 11 is 3.48. The fraction of sp³-hybridized carbons (Fsp3) is 0.200. The number of hydrogen-bond acceptors (Lipinski definition) is 5. The van der Waals surface area contributed by atoms with E-state index in [1.54, 1.807) is 12.1 Å². The van der Waals surface area contributed by atoms with E-state index in [9.17, 15) is 4.79 Å². The SMILES string of the molecule is CC(C)c1ccc(C2=NC(=Cc3cc4c(cc3Br)OCO4)C(=O)O2)cc1. The first-order valence-corrected chi connectivity index (χ1v) is 9.02. The number of aliphatic imine (C=N–C) groups is 1. The second-order valence-electron chi connectivity index (χ2n) is 6.34. The summed E-state index contributed by atoms with van der Waals surface area (Å²) in [7, 11) is 0. The molecule has 0 radical (unpaired) electrons. The first-order valence-electron chi connectivity index (χ1n) is 8.23. The van der Waals surface area contributed by atoms with Crippen LogP contribution >= 0.6 is 15.9 Å². The molecule has 0 N–H and O–H groups in total. The van der Waals surface area contributed by atoms with Crippen LogP contribution in [0.15, 0.2) is 51.6 Å². The van der Waals surface area contributed by atoms with Gasteiger partial charge in [0, 0.05) is 10.0 Å². The van der Waals surface area contributed by atoms with Gasteiger partial charge >= 0.3 is 5.97 Å². The molecular formula is C20H16BrNO4. The molecule has 5 nitrogen and oxygen atoms in total. The first kappa shape index (κ1) is 16.8. The van der Waals surface area contributed by atoms with Gasteiger partial charge in [-0.2, -0.15) is 0 Å². The van der Waals surface area contributed by atoms with Crippen molar-refractivity contribution in [2.24, 2.45) is 4.99 Å². The highest BCUT2D eigenvalue weighted by Crippen LogP contribution is 2.38. The molecule has 2 aliphatic heterocycles. The second-order valence-corrected chi connectivity index (χ2v) is 7.19. The van der Waals surface area contributed by atoms with E-state index >= 15 is 0 Å². The van der Waals surface area contributed by atoms with Crippen LogP contribution in [0.5, 0.6) is 11.5 Å². The fourth-order valence-corrected chi connectivity index (χ4v) is 3.17. The van der Waals surface area contributed by atoms with Crippen molar-refractivity contribution in [3.8, 4) is 11.5 Å². The topological polar surface area (TPSA) is 57.1 Å². The summed E-state index contributed by atoms with van der Waals surface area (Å²) in [6, 6.07) is 11.5. The number of ether oxygens (including phenoxy) is 3. The highest BCUT2D eigenvalue weighted by Gasteiger charge is 2.25. The number of carbonyl (C=O) groups is 1. The smallest absolute Gasteiger partial charge is 0.363 e. The molecular weight excluding hydrogens is 398 g/mol. The predicted molar refractivity (Wildman–Crippen MR) is 101 cm³/mol. The Hall–Kier alpha value is -2.60. The van der Waals surface area contributed by atoms with Gasteiger partial charge in [0.1, 0.15) is 0 Å². The Balaban J connectivity index is 1.65. The summed E-state index contributed by atoms with van der Waals surface area (Å²) in [4.78, 5) is 16.6. The zero-order chi connectivity index (χ0) is 18.3. The van der Waals surface area contributed by atoms with Crippen molar-refractivity contribution < 1.29 is 19.0 Å². The molecule has 0 saturated heterocycles. The molecule has 2 heterocycles. The van der Waals surface area contributed by atoms with Crippen molar-refractivity contribution in [3.63, 3.8) is 0 Å². The number of carbonyl (C=O) groups excluding carboxylic acids is 1. The second kappa shape index (κ2) is 6.61. The maximum atomic E-state index is 12.2. The Morgan fingerprint density at radius 1 is 1.12 bits per heavy atom. The minimum Gasteiger partial charge on any atom is -0.454 e. The Morgan fingerprint density at radius 3 is 2.50 bits per heavy atom. The van der Waals surface area contributed by atoms with Crippen molar-refractivity contribution >= 4 is 33.9 Å². The average molecular weight is 414 g/mol. The van der Waals surface area contributed by atoms with Crippen LogP contribution in [0.3, 0.4) is 0 Å². The van der Waals surface area contributed by atoms with Gasteiger partial charge in [-0.25, -0.2) is 9.79 Å². The molecule has 4 rings (SSSR count). The van der Waals surface area contributed by atoms with E-state index < -0.39 is 5.97 Å². The average Bonchev–Trinajstić information content (AvgIpc) is 3.22. The van der Waals surface area contributed by atoms with Gasteiger partial charge in [-0.1, -0.05) is 41.9 Å². The summed E-state index contributed by atoms with van der Waals surface area (Å²) in [6.07, 6.45) is 1.67. The zero-order valence-electron chi connectivity index (χ0n) is 14.3. The number of hydrogen-bond donors (Lipinski definition) is 0. The van der Waals surface area contributed by atoms with E-state index in [2.05, 4.69) is 34.8 Å². The van der Waals surface area contributed by atoms with E-state index in [1.807, 2.05) is 30.3 Å². The molecule has 2 aliphatic rings. The van der Waals surface area contributed by atoms with Gasteiger partial charge in [-0.15, -0.1) is 0 Å². The van der Waals surface area contributed by atoms with Crippen LogP contribution in [0.4, 0.5) is 0 Å². The number of fused-ring (bicyclic) bond motifs is 1. The lowest BCUT2D eigenvalue weighted by Gasteiger charge is -2.05. The zero-order valence-corrected chi connectivity index (χ0v) is 15.9. The largest absolute Gasteiger partial charge is 0.454 e. The lowest BCUT2D eigenvalue weighted by atomic mass is 10.0. The fourth-order valence-electron chi connectivity index (χ4n) is 2.73. The summed E-state index contributed by atoms with van der Waals surface area (Å²) in [5.41, 5.74) is 3.00. The maximum absolute atomic E-state index is 12.2. The predicted octanol–water partition coefficient (Wildman–Crippen LogP) is 4.65.